The van der Waals surface area contributed by atoms with Gasteiger partial charge in [0.1, 0.15) is 0 Å². The minimum absolute atomic E-state index is 0.136. The molecule has 1 atom stereocenters. The van der Waals surface area contributed by atoms with Crippen LogP contribution in [0, 0.1) is 13.8 Å². The van der Waals surface area contributed by atoms with Crippen molar-refractivity contribution >= 4 is 5.78 Å². The maximum Gasteiger partial charge on any atom is 0.176 e. The molecule has 0 aliphatic carbocycles. The molecule has 1 aromatic rings. The highest BCUT2D eigenvalue weighted by Gasteiger charge is 2.18. The number of carbonyl (C=O) groups is 1. The molecular weight excluding hydrogens is 266 g/mol. The van der Waals surface area contributed by atoms with E-state index in [9.17, 15) is 4.79 Å². The lowest BCUT2D eigenvalue weighted by atomic mass is 10.0. The molecule has 0 saturated heterocycles. The lowest BCUT2D eigenvalue weighted by Crippen LogP contribution is -2.41. The molecule has 0 spiro atoms. The van der Waals surface area contributed by atoms with E-state index in [1.165, 1.54) is 5.56 Å². The Balaban J connectivity index is 2.76. The van der Waals surface area contributed by atoms with Gasteiger partial charge in [-0.25, -0.2) is 0 Å². The molecule has 118 valence electrons. The van der Waals surface area contributed by atoms with Crippen LogP contribution in [0.1, 0.15) is 28.4 Å². The molecule has 0 aliphatic rings. The van der Waals surface area contributed by atoms with E-state index >= 15 is 0 Å². The van der Waals surface area contributed by atoms with Gasteiger partial charge in [0.25, 0.3) is 0 Å². The van der Waals surface area contributed by atoms with Crippen molar-refractivity contribution in [2.45, 2.75) is 26.8 Å². The molecule has 1 rings (SSSR count). The Morgan fingerprint density at radius 3 is 2.48 bits per heavy atom. The van der Waals surface area contributed by atoms with Gasteiger partial charge in [-0.3, -0.25) is 9.69 Å². The number of hydrogen-bond donors (Lipinski definition) is 0. The Morgan fingerprint density at radius 2 is 1.90 bits per heavy atom. The van der Waals surface area contributed by atoms with Gasteiger partial charge in [-0.2, -0.15) is 0 Å². The molecule has 0 aromatic heterocycles. The molecule has 1 aromatic carbocycles. The third kappa shape index (κ3) is 5.58. The second-order valence-corrected chi connectivity index (χ2v) is 5.49. The number of aryl methyl sites for hydroxylation is 2. The summed E-state index contributed by atoms with van der Waals surface area (Å²) in [7, 11) is 3.35. The van der Waals surface area contributed by atoms with Gasteiger partial charge >= 0.3 is 0 Å². The maximum absolute atomic E-state index is 12.5. The minimum atomic E-state index is 0.136. The molecule has 0 aliphatic heterocycles. The van der Waals surface area contributed by atoms with E-state index in [1.54, 1.807) is 14.2 Å². The van der Waals surface area contributed by atoms with Crippen LogP contribution in [0.5, 0.6) is 0 Å². The Hall–Kier alpha value is -1.23. The van der Waals surface area contributed by atoms with Gasteiger partial charge in [0.15, 0.2) is 5.78 Å². The fourth-order valence-corrected chi connectivity index (χ4v) is 2.20. The highest BCUT2D eigenvalue weighted by atomic mass is 16.5. The first-order chi connectivity index (χ1) is 9.99. The van der Waals surface area contributed by atoms with Crippen LogP contribution in [0.3, 0.4) is 0 Å². The molecule has 0 amide bonds. The zero-order valence-electron chi connectivity index (χ0n) is 13.8. The third-order valence-corrected chi connectivity index (χ3v) is 3.79. The van der Waals surface area contributed by atoms with Crippen LogP contribution in [0.2, 0.25) is 0 Å². The number of nitrogens with zero attached hydrogens (tertiary/aromatic N) is 1. The van der Waals surface area contributed by atoms with E-state index < -0.39 is 0 Å². The van der Waals surface area contributed by atoms with Gasteiger partial charge in [0, 0.05) is 32.4 Å². The standard InChI is InChI=1S/C17H27NO3/c1-13-6-7-16(10-14(13)2)17(19)11-18(8-9-20-4)15(3)12-21-5/h6-7,10,15H,8-9,11-12H2,1-5H3. The maximum atomic E-state index is 12.5. The minimum Gasteiger partial charge on any atom is -0.383 e. The monoisotopic (exact) mass is 293 g/mol. The second-order valence-electron chi connectivity index (χ2n) is 5.49. The highest BCUT2D eigenvalue weighted by molar-refractivity contribution is 5.97. The second kappa shape index (κ2) is 8.93. The van der Waals surface area contributed by atoms with Gasteiger partial charge in [-0.1, -0.05) is 12.1 Å². The summed E-state index contributed by atoms with van der Waals surface area (Å²) in [4.78, 5) is 14.6. The van der Waals surface area contributed by atoms with Gasteiger partial charge < -0.3 is 9.47 Å². The summed E-state index contributed by atoms with van der Waals surface area (Å²) in [5, 5.41) is 0. The van der Waals surface area contributed by atoms with Crippen LogP contribution in [0.4, 0.5) is 0 Å². The van der Waals surface area contributed by atoms with Crippen molar-refractivity contribution in [3.05, 3.63) is 34.9 Å². The number of ether oxygens (including phenoxy) is 2. The lowest BCUT2D eigenvalue weighted by molar-refractivity contribution is 0.0651. The molecule has 0 heterocycles. The van der Waals surface area contributed by atoms with E-state index in [1.807, 2.05) is 25.1 Å². The summed E-state index contributed by atoms with van der Waals surface area (Å²) in [6.45, 7) is 8.45. The summed E-state index contributed by atoms with van der Waals surface area (Å²) >= 11 is 0. The largest absolute Gasteiger partial charge is 0.383 e. The van der Waals surface area contributed by atoms with Crippen molar-refractivity contribution < 1.29 is 14.3 Å². The summed E-state index contributed by atoms with van der Waals surface area (Å²) in [5.74, 6) is 0.136. The number of benzene rings is 1. The van der Waals surface area contributed by atoms with Crippen molar-refractivity contribution in [1.29, 1.82) is 0 Å². The molecule has 0 bridgehead atoms. The Kier molecular flexibility index (Phi) is 7.57. The van der Waals surface area contributed by atoms with Gasteiger partial charge in [0.05, 0.1) is 19.8 Å². The van der Waals surface area contributed by atoms with E-state index in [2.05, 4.69) is 18.7 Å². The van der Waals surface area contributed by atoms with Crippen molar-refractivity contribution in [2.75, 3.05) is 40.5 Å². The van der Waals surface area contributed by atoms with Crippen molar-refractivity contribution in [2.24, 2.45) is 0 Å². The fourth-order valence-electron chi connectivity index (χ4n) is 2.20. The first-order valence-electron chi connectivity index (χ1n) is 7.32. The van der Waals surface area contributed by atoms with Crippen molar-refractivity contribution in [3.63, 3.8) is 0 Å². The molecule has 0 fully saturated rings. The van der Waals surface area contributed by atoms with Gasteiger partial charge in [-0.05, 0) is 38.0 Å². The predicted molar refractivity (Wildman–Crippen MR) is 85.0 cm³/mol. The number of Topliss-reactive ketones (excluding diaryl/α,β-unsaturated/α-hetero) is 1. The van der Waals surface area contributed by atoms with Crippen LogP contribution in [0.15, 0.2) is 18.2 Å². The van der Waals surface area contributed by atoms with Gasteiger partial charge in [-0.15, -0.1) is 0 Å². The zero-order valence-corrected chi connectivity index (χ0v) is 13.8. The molecule has 0 radical (unpaired) electrons. The normalized spacial score (nSPS) is 12.7. The summed E-state index contributed by atoms with van der Waals surface area (Å²) in [6.07, 6.45) is 0. The summed E-state index contributed by atoms with van der Waals surface area (Å²) < 4.78 is 10.3. The fraction of sp³-hybridized carbons (Fsp3) is 0.588. The topological polar surface area (TPSA) is 38.8 Å². The Bertz CT molecular complexity index is 459. The summed E-state index contributed by atoms with van der Waals surface area (Å²) in [6, 6.07) is 6.05. The van der Waals surface area contributed by atoms with E-state index in [0.717, 1.165) is 17.7 Å². The first-order valence-corrected chi connectivity index (χ1v) is 7.32. The Labute approximate surface area is 128 Å². The molecule has 1 unspecified atom stereocenters. The van der Waals surface area contributed by atoms with Gasteiger partial charge in [0.2, 0.25) is 0 Å². The van der Waals surface area contributed by atoms with E-state index in [4.69, 9.17) is 9.47 Å². The Morgan fingerprint density at radius 1 is 1.19 bits per heavy atom. The highest BCUT2D eigenvalue weighted by Crippen LogP contribution is 2.12. The SMILES string of the molecule is COCCN(CC(=O)c1ccc(C)c(C)c1)C(C)COC. The van der Waals surface area contributed by atoms with Crippen LogP contribution in [-0.4, -0.2) is 57.2 Å². The number of ketones is 1. The molecule has 4 nitrogen and oxygen atoms in total. The average Bonchev–Trinajstić information content (AvgIpc) is 2.46. The number of methoxy groups -OCH3 is 2. The number of carbonyl (C=O) groups excluding carboxylic acids is 1. The predicted octanol–water partition coefficient (Wildman–Crippen LogP) is 2.47. The molecule has 4 heteroatoms. The molecular formula is C17H27NO3. The van der Waals surface area contributed by atoms with Crippen molar-refractivity contribution in [3.8, 4) is 0 Å². The van der Waals surface area contributed by atoms with E-state index in [-0.39, 0.29) is 11.8 Å². The molecule has 0 N–H and O–H groups in total. The molecule has 0 saturated carbocycles. The van der Waals surface area contributed by atoms with E-state index in [0.29, 0.717) is 19.8 Å². The van der Waals surface area contributed by atoms with Crippen LogP contribution in [-0.2, 0) is 9.47 Å². The average molecular weight is 293 g/mol. The van der Waals surface area contributed by atoms with Crippen LogP contribution in [0.25, 0.3) is 0 Å². The van der Waals surface area contributed by atoms with Crippen molar-refractivity contribution in [1.82, 2.24) is 4.90 Å². The zero-order chi connectivity index (χ0) is 15.8. The quantitative estimate of drug-likeness (QED) is 0.656. The lowest BCUT2D eigenvalue weighted by Gasteiger charge is -2.27. The number of rotatable bonds is 9. The van der Waals surface area contributed by atoms with Crippen LogP contribution >= 0.6 is 0 Å². The summed E-state index contributed by atoms with van der Waals surface area (Å²) in [5.41, 5.74) is 3.12. The third-order valence-electron chi connectivity index (χ3n) is 3.79. The smallest absolute Gasteiger partial charge is 0.176 e. The molecule has 21 heavy (non-hydrogen) atoms. The number of hydrogen-bond acceptors (Lipinski definition) is 4. The first kappa shape index (κ1) is 17.8. The van der Waals surface area contributed by atoms with Crippen LogP contribution < -0.4 is 0 Å².